The smallest absolute Gasteiger partial charge is 0.337 e. The van der Waals surface area contributed by atoms with Crippen molar-refractivity contribution < 1.29 is 15.0 Å². The van der Waals surface area contributed by atoms with Crippen LogP contribution in [0.4, 0.5) is 5.69 Å². The second-order valence-corrected chi connectivity index (χ2v) is 3.28. The third kappa shape index (κ3) is 3.01. The number of aliphatic hydroxyl groups is 1. The van der Waals surface area contributed by atoms with Crippen LogP contribution >= 0.6 is 0 Å². The predicted octanol–water partition coefficient (Wildman–Crippen LogP) is 1.18. The average Bonchev–Trinajstić information content (AvgIpc) is 2.29. The highest BCUT2D eigenvalue weighted by molar-refractivity contribution is 5.94. The Bertz CT molecular complexity index is 409. The van der Waals surface area contributed by atoms with Gasteiger partial charge in [0.2, 0.25) is 0 Å². The summed E-state index contributed by atoms with van der Waals surface area (Å²) in [5.41, 5.74) is 0.627. The van der Waals surface area contributed by atoms with Crippen molar-refractivity contribution in [1.82, 2.24) is 0 Å². The van der Waals surface area contributed by atoms with E-state index in [2.05, 4.69) is 11.2 Å². The van der Waals surface area contributed by atoms with E-state index >= 15 is 0 Å². The number of hydrogen-bond acceptors (Lipinski definition) is 3. The normalized spacial score (nSPS) is 11.5. The van der Waals surface area contributed by atoms with E-state index < -0.39 is 5.97 Å². The minimum absolute atomic E-state index is 0.141. The number of rotatable bonds is 5. The molecular weight excluding hydrogens is 206 g/mol. The summed E-state index contributed by atoms with van der Waals surface area (Å²) >= 11 is 0. The minimum Gasteiger partial charge on any atom is -0.478 e. The van der Waals surface area contributed by atoms with Crippen molar-refractivity contribution in [3.05, 3.63) is 29.8 Å². The van der Waals surface area contributed by atoms with Crippen molar-refractivity contribution in [2.75, 3.05) is 11.9 Å². The summed E-state index contributed by atoms with van der Waals surface area (Å²) < 4.78 is 0. The molecule has 1 rings (SSSR count). The van der Waals surface area contributed by atoms with E-state index in [0.29, 0.717) is 12.1 Å². The topological polar surface area (TPSA) is 69.6 Å². The van der Waals surface area contributed by atoms with Crippen LogP contribution < -0.4 is 5.32 Å². The molecule has 0 amide bonds. The summed E-state index contributed by atoms with van der Waals surface area (Å²) in [4.78, 5) is 10.9. The number of para-hydroxylation sites is 1. The number of hydrogen-bond donors (Lipinski definition) is 3. The molecule has 0 fully saturated rings. The summed E-state index contributed by atoms with van der Waals surface area (Å²) in [7, 11) is 0. The minimum atomic E-state index is -1.01. The number of terminal acetylenes is 1. The van der Waals surface area contributed by atoms with Crippen LogP contribution in [0.5, 0.6) is 0 Å². The number of nitrogens with one attached hydrogen (secondary N) is 1. The zero-order valence-corrected chi connectivity index (χ0v) is 8.68. The number of aromatic carboxylic acids is 1. The van der Waals surface area contributed by atoms with Gasteiger partial charge in [-0.05, 0) is 12.1 Å². The van der Waals surface area contributed by atoms with Crippen LogP contribution in [-0.4, -0.2) is 28.8 Å². The van der Waals surface area contributed by atoms with Crippen LogP contribution in [-0.2, 0) is 0 Å². The Morgan fingerprint density at radius 1 is 1.50 bits per heavy atom. The first-order valence-electron chi connectivity index (χ1n) is 4.82. The largest absolute Gasteiger partial charge is 0.478 e. The number of carboxylic acids is 1. The fourth-order valence-corrected chi connectivity index (χ4v) is 1.32. The van der Waals surface area contributed by atoms with Crippen molar-refractivity contribution in [1.29, 1.82) is 0 Å². The van der Waals surface area contributed by atoms with E-state index in [9.17, 15) is 4.79 Å². The standard InChI is InChI=1S/C12H13NO3/c1-2-5-9(8-14)13-11-7-4-3-6-10(11)12(15)16/h1,3-4,6-7,9,13-14H,5,8H2,(H,15,16). The molecule has 0 saturated carbocycles. The van der Waals surface area contributed by atoms with Gasteiger partial charge in [0.15, 0.2) is 0 Å². The quantitative estimate of drug-likeness (QED) is 0.650. The van der Waals surface area contributed by atoms with Crippen LogP contribution in [0.15, 0.2) is 24.3 Å². The van der Waals surface area contributed by atoms with E-state index in [4.69, 9.17) is 16.6 Å². The van der Waals surface area contributed by atoms with Crippen molar-refractivity contribution in [3.8, 4) is 12.3 Å². The third-order valence-electron chi connectivity index (χ3n) is 2.10. The SMILES string of the molecule is C#CCC(CO)Nc1ccccc1C(=O)O. The van der Waals surface area contributed by atoms with Gasteiger partial charge in [-0.15, -0.1) is 12.3 Å². The maximum absolute atomic E-state index is 10.9. The van der Waals surface area contributed by atoms with Gasteiger partial charge in [-0.3, -0.25) is 0 Å². The van der Waals surface area contributed by atoms with Gasteiger partial charge in [0.1, 0.15) is 0 Å². The third-order valence-corrected chi connectivity index (χ3v) is 2.10. The van der Waals surface area contributed by atoms with Crippen LogP contribution in [0.1, 0.15) is 16.8 Å². The molecule has 0 aliphatic rings. The molecular formula is C12H13NO3. The average molecular weight is 219 g/mol. The van der Waals surface area contributed by atoms with E-state index in [-0.39, 0.29) is 18.2 Å². The van der Waals surface area contributed by atoms with E-state index in [1.807, 2.05) is 0 Å². The molecule has 0 saturated heterocycles. The summed E-state index contributed by atoms with van der Waals surface area (Å²) in [5.74, 6) is 1.40. The van der Waals surface area contributed by atoms with Gasteiger partial charge in [0.25, 0.3) is 0 Å². The van der Waals surface area contributed by atoms with Crippen LogP contribution in [0.3, 0.4) is 0 Å². The second kappa shape index (κ2) is 5.79. The van der Waals surface area contributed by atoms with Crippen molar-refractivity contribution >= 4 is 11.7 Å². The highest BCUT2D eigenvalue weighted by Crippen LogP contribution is 2.16. The number of aliphatic hydroxyl groups excluding tert-OH is 1. The molecule has 0 aliphatic heterocycles. The van der Waals surface area contributed by atoms with E-state index in [1.54, 1.807) is 18.2 Å². The highest BCUT2D eigenvalue weighted by Gasteiger charge is 2.12. The number of benzene rings is 1. The summed E-state index contributed by atoms with van der Waals surface area (Å²) in [5, 5.41) is 20.9. The Hall–Kier alpha value is -1.99. The first kappa shape index (κ1) is 12.1. The van der Waals surface area contributed by atoms with Gasteiger partial charge < -0.3 is 15.5 Å². The zero-order chi connectivity index (χ0) is 12.0. The molecule has 4 nitrogen and oxygen atoms in total. The molecule has 1 atom stereocenters. The number of anilines is 1. The van der Waals surface area contributed by atoms with Crippen molar-refractivity contribution in [2.45, 2.75) is 12.5 Å². The molecule has 84 valence electrons. The van der Waals surface area contributed by atoms with Gasteiger partial charge in [-0.2, -0.15) is 0 Å². The van der Waals surface area contributed by atoms with Crippen molar-refractivity contribution in [3.63, 3.8) is 0 Å². The first-order valence-corrected chi connectivity index (χ1v) is 4.82. The Balaban J connectivity index is 2.87. The molecule has 0 heterocycles. The van der Waals surface area contributed by atoms with Gasteiger partial charge in [0.05, 0.1) is 18.2 Å². The Morgan fingerprint density at radius 2 is 2.19 bits per heavy atom. The van der Waals surface area contributed by atoms with Gasteiger partial charge in [-0.25, -0.2) is 4.79 Å². The molecule has 0 bridgehead atoms. The molecule has 0 spiro atoms. The number of carboxylic acid groups (broad SMARTS) is 1. The summed E-state index contributed by atoms with van der Waals surface area (Å²) in [6, 6.07) is 6.17. The van der Waals surface area contributed by atoms with Crippen LogP contribution in [0.2, 0.25) is 0 Å². The molecule has 1 aromatic carbocycles. The summed E-state index contributed by atoms with van der Waals surface area (Å²) in [6.07, 6.45) is 5.48. The highest BCUT2D eigenvalue weighted by atomic mass is 16.4. The van der Waals surface area contributed by atoms with Crippen LogP contribution in [0, 0.1) is 12.3 Å². The van der Waals surface area contributed by atoms with Crippen LogP contribution in [0.25, 0.3) is 0 Å². The lowest BCUT2D eigenvalue weighted by Crippen LogP contribution is -2.24. The fourth-order valence-electron chi connectivity index (χ4n) is 1.32. The van der Waals surface area contributed by atoms with E-state index in [1.165, 1.54) is 6.07 Å². The Labute approximate surface area is 93.9 Å². The predicted molar refractivity (Wildman–Crippen MR) is 61.3 cm³/mol. The maximum atomic E-state index is 10.9. The first-order chi connectivity index (χ1) is 7.69. The molecule has 1 aromatic rings. The molecule has 0 aromatic heterocycles. The molecule has 0 radical (unpaired) electrons. The van der Waals surface area contributed by atoms with E-state index in [0.717, 1.165) is 0 Å². The molecule has 4 heteroatoms. The fraction of sp³-hybridized carbons (Fsp3) is 0.250. The number of carbonyl (C=O) groups is 1. The molecule has 16 heavy (non-hydrogen) atoms. The molecule has 0 aliphatic carbocycles. The van der Waals surface area contributed by atoms with Gasteiger partial charge in [-0.1, -0.05) is 12.1 Å². The van der Waals surface area contributed by atoms with Crippen molar-refractivity contribution in [2.24, 2.45) is 0 Å². The zero-order valence-electron chi connectivity index (χ0n) is 8.68. The molecule has 1 unspecified atom stereocenters. The van der Waals surface area contributed by atoms with Gasteiger partial charge in [0, 0.05) is 12.1 Å². The van der Waals surface area contributed by atoms with Gasteiger partial charge >= 0.3 is 5.97 Å². The summed E-state index contributed by atoms with van der Waals surface area (Å²) in [6.45, 7) is -0.141. The Kier molecular flexibility index (Phi) is 4.37. The monoisotopic (exact) mass is 219 g/mol. The lowest BCUT2D eigenvalue weighted by atomic mass is 10.1. The Morgan fingerprint density at radius 3 is 2.75 bits per heavy atom. The second-order valence-electron chi connectivity index (χ2n) is 3.28. The lowest BCUT2D eigenvalue weighted by molar-refractivity contribution is 0.0698. The molecule has 3 N–H and O–H groups in total. The maximum Gasteiger partial charge on any atom is 0.337 e. The lowest BCUT2D eigenvalue weighted by Gasteiger charge is -2.16.